The monoisotopic (exact) mass is 165 g/mol. The molecular formula is C10H13O2. The Morgan fingerprint density at radius 3 is 2.83 bits per heavy atom. The summed E-state index contributed by atoms with van der Waals surface area (Å²) in [5.74, 6) is 0.847. The van der Waals surface area contributed by atoms with Gasteiger partial charge in [-0.15, -0.1) is 0 Å². The fourth-order valence-corrected chi connectivity index (χ4v) is 0.878. The normalized spacial score (nSPS) is 9.83. The quantitative estimate of drug-likeness (QED) is 0.634. The number of methoxy groups -OCH3 is 1. The van der Waals surface area contributed by atoms with Crippen LogP contribution in [-0.2, 0) is 4.74 Å². The maximum atomic E-state index is 5.36. The number of benzene rings is 1. The molecule has 0 aliphatic carbocycles. The van der Waals surface area contributed by atoms with E-state index in [-0.39, 0.29) is 0 Å². The Hall–Kier alpha value is -1.02. The second-order valence-corrected chi connectivity index (χ2v) is 2.49. The van der Waals surface area contributed by atoms with Crippen LogP contribution in [0.5, 0.6) is 5.75 Å². The molecule has 1 radical (unpaired) electrons. The summed E-state index contributed by atoms with van der Waals surface area (Å²) in [6.45, 7) is 4.99. The predicted molar refractivity (Wildman–Crippen MR) is 48.3 cm³/mol. The first-order valence-corrected chi connectivity index (χ1v) is 3.86. The molecule has 0 fully saturated rings. The van der Waals surface area contributed by atoms with Gasteiger partial charge in [-0.05, 0) is 24.6 Å². The van der Waals surface area contributed by atoms with E-state index < -0.39 is 0 Å². The molecular weight excluding hydrogens is 152 g/mol. The number of rotatable bonds is 4. The van der Waals surface area contributed by atoms with Crippen LogP contribution in [-0.4, -0.2) is 20.3 Å². The van der Waals surface area contributed by atoms with Gasteiger partial charge in [-0.2, -0.15) is 0 Å². The maximum absolute atomic E-state index is 5.36. The van der Waals surface area contributed by atoms with Crippen molar-refractivity contribution in [3.63, 3.8) is 0 Å². The second kappa shape index (κ2) is 4.78. The zero-order chi connectivity index (χ0) is 8.81. The fraction of sp³-hybridized carbons (Fsp3) is 0.300. The minimum Gasteiger partial charge on any atom is -0.491 e. The summed E-state index contributed by atoms with van der Waals surface area (Å²) >= 11 is 0. The maximum Gasteiger partial charge on any atom is 0.119 e. The lowest BCUT2D eigenvalue weighted by molar-refractivity contribution is 0.146. The first-order valence-electron chi connectivity index (χ1n) is 3.86. The Labute approximate surface area is 73.1 Å². The van der Waals surface area contributed by atoms with Gasteiger partial charge in [-0.25, -0.2) is 0 Å². The molecule has 1 aromatic carbocycles. The van der Waals surface area contributed by atoms with Gasteiger partial charge in [-0.1, -0.05) is 12.1 Å². The SMILES string of the molecule is [CH2]c1cccc(OCCOC)c1. The zero-order valence-corrected chi connectivity index (χ0v) is 7.25. The molecule has 2 heteroatoms. The third kappa shape index (κ3) is 2.93. The highest BCUT2D eigenvalue weighted by molar-refractivity contribution is 5.29. The van der Waals surface area contributed by atoms with E-state index in [9.17, 15) is 0 Å². The highest BCUT2D eigenvalue weighted by Crippen LogP contribution is 2.11. The number of hydrogen-bond donors (Lipinski definition) is 0. The lowest BCUT2D eigenvalue weighted by Crippen LogP contribution is -2.03. The third-order valence-electron chi connectivity index (χ3n) is 1.45. The van der Waals surface area contributed by atoms with Crippen molar-refractivity contribution in [1.82, 2.24) is 0 Å². The van der Waals surface area contributed by atoms with Gasteiger partial charge in [-0.3, -0.25) is 0 Å². The van der Waals surface area contributed by atoms with E-state index in [1.54, 1.807) is 7.11 Å². The highest BCUT2D eigenvalue weighted by atomic mass is 16.5. The van der Waals surface area contributed by atoms with Gasteiger partial charge in [0.15, 0.2) is 0 Å². The smallest absolute Gasteiger partial charge is 0.119 e. The first kappa shape index (κ1) is 9.07. The molecule has 0 unspecified atom stereocenters. The molecule has 65 valence electrons. The van der Waals surface area contributed by atoms with Crippen LogP contribution in [0.1, 0.15) is 5.56 Å². The van der Waals surface area contributed by atoms with E-state index in [2.05, 4.69) is 6.92 Å². The molecule has 0 saturated carbocycles. The van der Waals surface area contributed by atoms with Crippen LogP contribution in [0.2, 0.25) is 0 Å². The Bertz CT molecular complexity index is 233. The van der Waals surface area contributed by atoms with Crippen molar-refractivity contribution in [3.8, 4) is 5.75 Å². The van der Waals surface area contributed by atoms with E-state index >= 15 is 0 Å². The van der Waals surface area contributed by atoms with E-state index in [4.69, 9.17) is 9.47 Å². The van der Waals surface area contributed by atoms with Gasteiger partial charge in [0.05, 0.1) is 6.61 Å². The van der Waals surface area contributed by atoms with Gasteiger partial charge < -0.3 is 9.47 Å². The topological polar surface area (TPSA) is 18.5 Å². The van der Waals surface area contributed by atoms with Gasteiger partial charge in [0.25, 0.3) is 0 Å². The van der Waals surface area contributed by atoms with E-state index in [1.807, 2.05) is 24.3 Å². The summed E-state index contributed by atoms with van der Waals surface area (Å²) in [5, 5.41) is 0. The van der Waals surface area contributed by atoms with Crippen LogP contribution < -0.4 is 4.74 Å². The first-order chi connectivity index (χ1) is 5.83. The second-order valence-electron chi connectivity index (χ2n) is 2.49. The lowest BCUT2D eigenvalue weighted by atomic mass is 10.2. The van der Waals surface area contributed by atoms with E-state index in [1.165, 1.54) is 0 Å². The molecule has 0 N–H and O–H groups in total. The lowest BCUT2D eigenvalue weighted by Gasteiger charge is -2.05. The zero-order valence-electron chi connectivity index (χ0n) is 7.25. The van der Waals surface area contributed by atoms with Crippen LogP contribution in [0, 0.1) is 6.92 Å². The highest BCUT2D eigenvalue weighted by Gasteiger charge is 1.92. The van der Waals surface area contributed by atoms with E-state index in [0.717, 1.165) is 11.3 Å². The molecule has 12 heavy (non-hydrogen) atoms. The minimum absolute atomic E-state index is 0.583. The van der Waals surface area contributed by atoms with Gasteiger partial charge in [0.1, 0.15) is 12.4 Å². The molecule has 0 amide bonds. The molecule has 1 rings (SSSR count). The Morgan fingerprint density at radius 2 is 2.17 bits per heavy atom. The molecule has 0 saturated heterocycles. The molecule has 0 atom stereocenters. The standard InChI is InChI=1S/C10H13O2/c1-9-4-3-5-10(8-9)12-7-6-11-2/h3-5,8H,1,6-7H2,2H3. The number of hydrogen-bond acceptors (Lipinski definition) is 2. The van der Waals surface area contributed by atoms with Crippen molar-refractivity contribution in [1.29, 1.82) is 0 Å². The van der Waals surface area contributed by atoms with Gasteiger partial charge >= 0.3 is 0 Å². The molecule has 2 nitrogen and oxygen atoms in total. The molecule has 0 aromatic heterocycles. The summed E-state index contributed by atoms with van der Waals surface area (Å²) in [7, 11) is 1.65. The largest absolute Gasteiger partial charge is 0.491 e. The molecule has 0 aliphatic rings. The number of ether oxygens (including phenoxy) is 2. The molecule has 0 bridgehead atoms. The molecule has 0 aliphatic heterocycles. The van der Waals surface area contributed by atoms with Crippen LogP contribution in [0.4, 0.5) is 0 Å². The minimum atomic E-state index is 0.583. The summed E-state index contributed by atoms with van der Waals surface area (Å²) < 4.78 is 10.2. The van der Waals surface area contributed by atoms with E-state index in [0.29, 0.717) is 13.2 Å². The Kier molecular flexibility index (Phi) is 3.61. The van der Waals surface area contributed by atoms with Crippen LogP contribution in [0.3, 0.4) is 0 Å². The van der Waals surface area contributed by atoms with Crippen molar-refractivity contribution >= 4 is 0 Å². The molecule has 1 aromatic rings. The Balaban J connectivity index is 2.41. The van der Waals surface area contributed by atoms with Crippen molar-refractivity contribution in [3.05, 3.63) is 36.8 Å². The average Bonchev–Trinajstić information content (AvgIpc) is 2.05. The average molecular weight is 165 g/mol. The van der Waals surface area contributed by atoms with Gasteiger partial charge in [0.2, 0.25) is 0 Å². The molecule has 0 spiro atoms. The van der Waals surface area contributed by atoms with Gasteiger partial charge in [0, 0.05) is 7.11 Å². The van der Waals surface area contributed by atoms with Crippen molar-refractivity contribution in [2.24, 2.45) is 0 Å². The van der Waals surface area contributed by atoms with Crippen LogP contribution in [0.25, 0.3) is 0 Å². The van der Waals surface area contributed by atoms with Crippen molar-refractivity contribution < 1.29 is 9.47 Å². The Morgan fingerprint density at radius 1 is 1.33 bits per heavy atom. The summed E-state index contributed by atoms with van der Waals surface area (Å²) in [6, 6.07) is 7.66. The van der Waals surface area contributed by atoms with Crippen LogP contribution >= 0.6 is 0 Å². The summed E-state index contributed by atoms with van der Waals surface area (Å²) in [6.07, 6.45) is 0. The molecule has 0 heterocycles. The van der Waals surface area contributed by atoms with Crippen LogP contribution in [0.15, 0.2) is 24.3 Å². The summed E-state index contributed by atoms with van der Waals surface area (Å²) in [5.41, 5.74) is 0.963. The summed E-state index contributed by atoms with van der Waals surface area (Å²) in [4.78, 5) is 0. The fourth-order valence-electron chi connectivity index (χ4n) is 0.878. The predicted octanol–water partition coefficient (Wildman–Crippen LogP) is 1.89. The van der Waals surface area contributed by atoms with Crippen molar-refractivity contribution in [2.45, 2.75) is 0 Å². The third-order valence-corrected chi connectivity index (χ3v) is 1.45. The van der Waals surface area contributed by atoms with Crippen molar-refractivity contribution in [2.75, 3.05) is 20.3 Å².